The first kappa shape index (κ1) is 15.4. The Bertz CT molecular complexity index is 946. The summed E-state index contributed by atoms with van der Waals surface area (Å²) >= 11 is 0. The van der Waals surface area contributed by atoms with Crippen LogP contribution in [0.2, 0.25) is 0 Å². The summed E-state index contributed by atoms with van der Waals surface area (Å²) in [6.07, 6.45) is 3.60. The Labute approximate surface area is 151 Å². The molecule has 1 amide bonds. The Kier molecular flexibility index (Phi) is 3.46. The number of furan rings is 1. The van der Waals surface area contributed by atoms with E-state index in [9.17, 15) is 4.79 Å². The van der Waals surface area contributed by atoms with Gasteiger partial charge in [0.15, 0.2) is 5.76 Å². The SMILES string of the molecule is O=C1Nc2ccccc2[C@@]12CCCN(Cc1ccc(-c3ccn[nH]3)o1)C2. The molecule has 1 aromatic carbocycles. The maximum absolute atomic E-state index is 12.8. The third-order valence-corrected chi connectivity index (χ3v) is 5.50. The summed E-state index contributed by atoms with van der Waals surface area (Å²) in [7, 11) is 0. The van der Waals surface area contributed by atoms with Gasteiger partial charge >= 0.3 is 0 Å². The lowest BCUT2D eigenvalue weighted by Crippen LogP contribution is -2.49. The summed E-state index contributed by atoms with van der Waals surface area (Å²) in [5.41, 5.74) is 2.52. The van der Waals surface area contributed by atoms with Crippen molar-refractivity contribution in [2.75, 3.05) is 18.4 Å². The standard InChI is InChI=1S/C20H20N4O2/c25-19-20(15-4-1-2-5-16(15)22-19)9-3-11-24(13-20)12-14-6-7-18(26-14)17-8-10-21-23-17/h1-2,4-8,10H,3,9,11-13H2,(H,21,23)(H,22,25)/t20-/m0/s1. The minimum atomic E-state index is -0.437. The van der Waals surface area contributed by atoms with Crippen molar-refractivity contribution in [1.29, 1.82) is 0 Å². The quantitative estimate of drug-likeness (QED) is 0.762. The fraction of sp³-hybridized carbons (Fsp3) is 0.300. The van der Waals surface area contributed by atoms with Crippen molar-refractivity contribution < 1.29 is 9.21 Å². The largest absolute Gasteiger partial charge is 0.458 e. The first-order valence-electron chi connectivity index (χ1n) is 8.96. The zero-order valence-corrected chi connectivity index (χ0v) is 14.4. The predicted octanol–water partition coefficient (Wildman–Crippen LogP) is 3.16. The van der Waals surface area contributed by atoms with E-state index in [4.69, 9.17) is 4.42 Å². The number of fused-ring (bicyclic) bond motifs is 2. The normalized spacial score (nSPS) is 22.5. The number of nitrogens with one attached hydrogen (secondary N) is 2. The molecular weight excluding hydrogens is 328 g/mol. The first-order valence-corrected chi connectivity index (χ1v) is 8.96. The van der Waals surface area contributed by atoms with Crippen LogP contribution in [0.4, 0.5) is 5.69 Å². The van der Waals surface area contributed by atoms with Crippen LogP contribution in [0.3, 0.4) is 0 Å². The van der Waals surface area contributed by atoms with Crippen LogP contribution in [-0.4, -0.2) is 34.1 Å². The van der Waals surface area contributed by atoms with Gasteiger partial charge in [-0.3, -0.25) is 14.8 Å². The molecule has 26 heavy (non-hydrogen) atoms. The number of piperidine rings is 1. The van der Waals surface area contributed by atoms with Gasteiger partial charge in [-0.25, -0.2) is 0 Å². The average molecular weight is 348 g/mol. The Morgan fingerprint density at radius 1 is 1.19 bits per heavy atom. The number of carbonyl (C=O) groups excluding carboxylic acids is 1. The molecule has 2 aliphatic rings. The number of aromatic nitrogens is 2. The molecule has 2 N–H and O–H groups in total. The van der Waals surface area contributed by atoms with E-state index in [1.807, 2.05) is 36.4 Å². The second-order valence-corrected chi connectivity index (χ2v) is 7.13. The minimum Gasteiger partial charge on any atom is -0.458 e. The van der Waals surface area contributed by atoms with Gasteiger partial charge in [-0.05, 0) is 49.2 Å². The highest BCUT2D eigenvalue weighted by Gasteiger charge is 2.48. The number of hydrogen-bond donors (Lipinski definition) is 2. The number of hydrogen-bond acceptors (Lipinski definition) is 4. The number of carbonyl (C=O) groups is 1. The highest BCUT2D eigenvalue weighted by atomic mass is 16.3. The van der Waals surface area contributed by atoms with E-state index in [-0.39, 0.29) is 5.91 Å². The summed E-state index contributed by atoms with van der Waals surface area (Å²) in [4.78, 5) is 15.1. The van der Waals surface area contributed by atoms with Crippen LogP contribution in [0.5, 0.6) is 0 Å². The van der Waals surface area contributed by atoms with E-state index in [0.717, 1.165) is 54.4 Å². The van der Waals surface area contributed by atoms with E-state index >= 15 is 0 Å². The van der Waals surface area contributed by atoms with Crippen LogP contribution in [0.25, 0.3) is 11.5 Å². The van der Waals surface area contributed by atoms with Crippen LogP contribution in [0.1, 0.15) is 24.2 Å². The lowest BCUT2D eigenvalue weighted by Gasteiger charge is -2.38. The molecule has 0 unspecified atom stereocenters. The van der Waals surface area contributed by atoms with E-state index in [0.29, 0.717) is 6.54 Å². The molecule has 1 saturated heterocycles. The van der Waals surface area contributed by atoms with E-state index < -0.39 is 5.41 Å². The lowest BCUT2D eigenvalue weighted by molar-refractivity contribution is -0.123. The second-order valence-electron chi connectivity index (χ2n) is 7.13. The third kappa shape index (κ3) is 2.37. The van der Waals surface area contributed by atoms with E-state index in [1.165, 1.54) is 0 Å². The van der Waals surface area contributed by atoms with Crippen molar-refractivity contribution in [2.24, 2.45) is 0 Å². The zero-order chi connectivity index (χ0) is 17.6. The number of H-pyrrole nitrogens is 1. The summed E-state index contributed by atoms with van der Waals surface area (Å²) < 4.78 is 5.96. The van der Waals surface area contributed by atoms with Crippen molar-refractivity contribution in [3.8, 4) is 11.5 Å². The predicted molar refractivity (Wildman–Crippen MR) is 97.6 cm³/mol. The fourth-order valence-corrected chi connectivity index (χ4v) is 4.28. The second kappa shape index (κ2) is 5.85. The first-order chi connectivity index (χ1) is 12.7. The molecule has 6 nitrogen and oxygen atoms in total. The maximum Gasteiger partial charge on any atom is 0.236 e. The van der Waals surface area contributed by atoms with Gasteiger partial charge in [0.1, 0.15) is 11.5 Å². The molecule has 5 rings (SSSR count). The topological polar surface area (TPSA) is 74.2 Å². The van der Waals surface area contributed by atoms with Crippen molar-refractivity contribution in [1.82, 2.24) is 15.1 Å². The van der Waals surface area contributed by atoms with E-state index in [2.05, 4.69) is 26.5 Å². The molecule has 0 bridgehead atoms. The molecule has 1 fully saturated rings. The molecular formula is C20H20N4O2. The summed E-state index contributed by atoms with van der Waals surface area (Å²) in [6, 6.07) is 13.9. The van der Waals surface area contributed by atoms with Gasteiger partial charge in [0.2, 0.25) is 5.91 Å². The van der Waals surface area contributed by atoms with Crippen LogP contribution < -0.4 is 5.32 Å². The fourth-order valence-electron chi connectivity index (χ4n) is 4.28. The molecule has 1 spiro atoms. The number of amides is 1. The molecule has 132 valence electrons. The van der Waals surface area contributed by atoms with Gasteiger partial charge in [-0.2, -0.15) is 5.10 Å². The minimum absolute atomic E-state index is 0.126. The summed E-state index contributed by atoms with van der Waals surface area (Å²) in [6.45, 7) is 2.39. The highest BCUT2D eigenvalue weighted by molar-refractivity contribution is 6.06. The number of para-hydroxylation sites is 1. The number of anilines is 1. The number of benzene rings is 1. The van der Waals surface area contributed by atoms with Crippen molar-refractivity contribution >= 4 is 11.6 Å². The van der Waals surface area contributed by atoms with Crippen LogP contribution in [0, 0.1) is 0 Å². The monoisotopic (exact) mass is 348 g/mol. The van der Waals surface area contributed by atoms with Crippen LogP contribution in [-0.2, 0) is 16.8 Å². The Hall–Kier alpha value is -2.86. The molecule has 1 atom stereocenters. The zero-order valence-electron chi connectivity index (χ0n) is 14.4. The van der Waals surface area contributed by atoms with Gasteiger partial charge in [0.05, 0.1) is 12.0 Å². The Balaban J connectivity index is 1.38. The molecule has 0 aliphatic carbocycles. The number of rotatable bonds is 3. The third-order valence-electron chi connectivity index (χ3n) is 5.50. The number of aromatic amines is 1. The summed E-state index contributed by atoms with van der Waals surface area (Å²) in [5, 5.41) is 9.94. The van der Waals surface area contributed by atoms with Crippen molar-refractivity contribution in [3.05, 3.63) is 60.0 Å². The highest BCUT2D eigenvalue weighted by Crippen LogP contribution is 2.43. The molecule has 3 aromatic rings. The van der Waals surface area contributed by atoms with Gasteiger partial charge in [0, 0.05) is 18.4 Å². The van der Waals surface area contributed by atoms with Crippen molar-refractivity contribution in [2.45, 2.75) is 24.8 Å². The van der Waals surface area contributed by atoms with E-state index in [1.54, 1.807) is 6.20 Å². The molecule has 4 heterocycles. The van der Waals surface area contributed by atoms with Crippen LogP contribution in [0.15, 0.2) is 53.1 Å². The number of likely N-dealkylation sites (tertiary alicyclic amines) is 1. The van der Waals surface area contributed by atoms with Crippen molar-refractivity contribution in [3.63, 3.8) is 0 Å². The lowest BCUT2D eigenvalue weighted by atomic mass is 9.75. The molecule has 6 heteroatoms. The summed E-state index contributed by atoms with van der Waals surface area (Å²) in [5.74, 6) is 1.81. The van der Waals surface area contributed by atoms with Gasteiger partial charge in [0.25, 0.3) is 0 Å². The number of nitrogens with zero attached hydrogens (tertiary/aromatic N) is 2. The average Bonchev–Trinajstić information content (AvgIpc) is 3.37. The molecule has 2 aliphatic heterocycles. The molecule has 0 saturated carbocycles. The van der Waals surface area contributed by atoms with Gasteiger partial charge < -0.3 is 9.73 Å². The Morgan fingerprint density at radius 2 is 2.12 bits per heavy atom. The van der Waals surface area contributed by atoms with Gasteiger partial charge in [-0.1, -0.05) is 18.2 Å². The maximum atomic E-state index is 12.8. The Morgan fingerprint density at radius 3 is 3.00 bits per heavy atom. The molecule has 2 aromatic heterocycles. The smallest absolute Gasteiger partial charge is 0.236 e. The van der Waals surface area contributed by atoms with Gasteiger partial charge in [-0.15, -0.1) is 0 Å². The van der Waals surface area contributed by atoms with Crippen LogP contribution >= 0.6 is 0 Å². The molecule has 0 radical (unpaired) electrons.